The number of aromatic amines is 1. The molecule has 0 bridgehead atoms. The van der Waals surface area contributed by atoms with E-state index in [0.29, 0.717) is 6.54 Å². The van der Waals surface area contributed by atoms with Crippen LogP contribution in [-0.4, -0.2) is 16.1 Å². The van der Waals surface area contributed by atoms with Crippen LogP contribution in [0.3, 0.4) is 0 Å². The van der Waals surface area contributed by atoms with Crippen molar-refractivity contribution in [2.45, 2.75) is 6.54 Å². The van der Waals surface area contributed by atoms with Gasteiger partial charge in [-0.05, 0) is 0 Å². The van der Waals surface area contributed by atoms with Gasteiger partial charge in [-0.1, -0.05) is 35.5 Å². The molecular formula is C10H10N3O+. The van der Waals surface area contributed by atoms with Crippen molar-refractivity contribution in [3.63, 3.8) is 0 Å². The van der Waals surface area contributed by atoms with Crippen LogP contribution in [0.4, 0.5) is 0 Å². The molecule has 0 saturated carbocycles. The maximum atomic E-state index is 11.6. The van der Waals surface area contributed by atoms with E-state index in [9.17, 15) is 4.79 Å². The number of nitrogens with one attached hydrogen (secondary N) is 1. The van der Waals surface area contributed by atoms with Gasteiger partial charge in [0.25, 0.3) is 0 Å². The third kappa shape index (κ3) is 1.85. The van der Waals surface area contributed by atoms with E-state index in [1.165, 1.54) is 0 Å². The Kier molecular flexibility index (Phi) is 2.36. The number of nitrogens with zero attached hydrogens (tertiary/aromatic N) is 2. The number of ketones is 1. The predicted molar refractivity (Wildman–Crippen MR) is 49.6 cm³/mol. The molecular weight excluding hydrogens is 178 g/mol. The first-order chi connectivity index (χ1) is 6.86. The second kappa shape index (κ2) is 3.83. The van der Waals surface area contributed by atoms with Crippen LogP contribution in [0.5, 0.6) is 0 Å². The molecule has 0 aliphatic rings. The molecule has 0 aliphatic carbocycles. The van der Waals surface area contributed by atoms with Crippen LogP contribution < -0.4 is 4.68 Å². The van der Waals surface area contributed by atoms with Gasteiger partial charge in [0.2, 0.25) is 12.0 Å². The van der Waals surface area contributed by atoms with Crippen LogP contribution in [0.2, 0.25) is 0 Å². The molecule has 1 aromatic heterocycles. The van der Waals surface area contributed by atoms with Crippen molar-refractivity contribution in [2.75, 3.05) is 0 Å². The zero-order valence-electron chi connectivity index (χ0n) is 7.55. The van der Waals surface area contributed by atoms with Crippen molar-refractivity contribution in [2.24, 2.45) is 0 Å². The maximum absolute atomic E-state index is 11.6. The number of Topliss-reactive ketones (excluding diaryl/α,β-unsaturated/α-hetero) is 1. The topological polar surface area (TPSA) is 49.6 Å². The van der Waals surface area contributed by atoms with E-state index in [4.69, 9.17) is 0 Å². The zero-order valence-corrected chi connectivity index (χ0v) is 7.55. The van der Waals surface area contributed by atoms with Gasteiger partial charge < -0.3 is 0 Å². The first-order valence-electron chi connectivity index (χ1n) is 4.33. The lowest BCUT2D eigenvalue weighted by atomic mass is 10.1. The monoisotopic (exact) mass is 188 g/mol. The summed E-state index contributed by atoms with van der Waals surface area (Å²) in [5, 5.41) is 6.44. The van der Waals surface area contributed by atoms with E-state index in [2.05, 4.69) is 10.3 Å². The van der Waals surface area contributed by atoms with Crippen molar-refractivity contribution < 1.29 is 9.48 Å². The molecule has 0 radical (unpaired) electrons. The second-order valence-corrected chi connectivity index (χ2v) is 2.94. The fourth-order valence-corrected chi connectivity index (χ4v) is 1.21. The number of hydrogen-bond donors (Lipinski definition) is 1. The van der Waals surface area contributed by atoms with Gasteiger partial charge in [-0.3, -0.25) is 4.79 Å². The fraction of sp³-hybridized carbons (Fsp3) is 0.100. The molecule has 0 atom stereocenters. The van der Waals surface area contributed by atoms with Gasteiger partial charge in [-0.25, -0.2) is 0 Å². The maximum Gasteiger partial charge on any atom is 0.206 e. The highest BCUT2D eigenvalue weighted by Gasteiger charge is 2.09. The lowest BCUT2D eigenvalue weighted by molar-refractivity contribution is -0.741. The molecule has 14 heavy (non-hydrogen) atoms. The van der Waals surface area contributed by atoms with Gasteiger partial charge in [-0.15, -0.1) is 0 Å². The average molecular weight is 188 g/mol. The molecule has 1 aromatic carbocycles. The third-order valence-corrected chi connectivity index (χ3v) is 1.92. The van der Waals surface area contributed by atoms with Crippen LogP contribution in [0.15, 0.2) is 42.7 Å². The van der Waals surface area contributed by atoms with E-state index >= 15 is 0 Å². The number of benzene rings is 1. The zero-order chi connectivity index (χ0) is 9.80. The number of hydrogen-bond acceptors (Lipinski definition) is 2. The van der Waals surface area contributed by atoms with Crippen LogP contribution >= 0.6 is 0 Å². The summed E-state index contributed by atoms with van der Waals surface area (Å²) in [6.45, 7) is 0.296. The molecule has 4 nitrogen and oxygen atoms in total. The second-order valence-electron chi connectivity index (χ2n) is 2.94. The van der Waals surface area contributed by atoms with E-state index in [0.717, 1.165) is 5.56 Å². The average Bonchev–Trinajstić information content (AvgIpc) is 2.72. The SMILES string of the molecule is O=C(C[n+]1ccn[nH]1)c1ccccc1. The lowest BCUT2D eigenvalue weighted by Gasteiger charge is -1.96. The first kappa shape index (κ1) is 8.62. The van der Waals surface area contributed by atoms with Gasteiger partial charge in [0.15, 0.2) is 12.7 Å². The fourth-order valence-electron chi connectivity index (χ4n) is 1.21. The van der Waals surface area contributed by atoms with Crippen LogP contribution in [0.25, 0.3) is 0 Å². The predicted octanol–water partition coefficient (Wildman–Crippen LogP) is 0.580. The van der Waals surface area contributed by atoms with Crippen molar-refractivity contribution in [3.8, 4) is 0 Å². The van der Waals surface area contributed by atoms with E-state index in [1.807, 2.05) is 18.2 Å². The highest BCUT2D eigenvalue weighted by Crippen LogP contribution is 1.99. The number of carbonyl (C=O) groups excluding carboxylic acids is 1. The van der Waals surface area contributed by atoms with Gasteiger partial charge >= 0.3 is 0 Å². The summed E-state index contributed by atoms with van der Waals surface area (Å²) in [7, 11) is 0. The number of carbonyl (C=O) groups is 1. The summed E-state index contributed by atoms with van der Waals surface area (Å²) in [5.41, 5.74) is 0.717. The van der Waals surface area contributed by atoms with E-state index in [-0.39, 0.29) is 5.78 Å². The minimum absolute atomic E-state index is 0.0693. The van der Waals surface area contributed by atoms with Crippen LogP contribution in [-0.2, 0) is 6.54 Å². The molecule has 0 spiro atoms. The Bertz CT molecular complexity index is 408. The number of H-pyrrole nitrogens is 1. The quantitative estimate of drug-likeness (QED) is 0.565. The Hall–Kier alpha value is -1.97. The molecule has 1 N–H and O–H groups in total. The minimum Gasteiger partial charge on any atom is -0.290 e. The van der Waals surface area contributed by atoms with Gasteiger partial charge in [0.05, 0.1) is 0 Å². The van der Waals surface area contributed by atoms with E-state index in [1.54, 1.807) is 29.2 Å². The summed E-state index contributed by atoms with van der Waals surface area (Å²) in [4.78, 5) is 11.6. The third-order valence-electron chi connectivity index (χ3n) is 1.92. The molecule has 1 heterocycles. The normalized spacial score (nSPS) is 10.0. The molecule has 2 rings (SSSR count). The summed E-state index contributed by atoms with van der Waals surface area (Å²) in [6.07, 6.45) is 3.33. The molecule has 0 saturated heterocycles. The standard InChI is InChI=1S/C10H9N3O/c14-10(8-13-7-6-11-12-13)9-4-2-1-3-5-9/h1-7H,8H2/p+1. The van der Waals surface area contributed by atoms with Crippen molar-refractivity contribution in [1.82, 2.24) is 10.3 Å². The Morgan fingerprint density at radius 1 is 1.36 bits per heavy atom. The van der Waals surface area contributed by atoms with Gasteiger partial charge in [0, 0.05) is 10.7 Å². The Balaban J connectivity index is 2.11. The van der Waals surface area contributed by atoms with Crippen LogP contribution in [0, 0.1) is 0 Å². The molecule has 0 amide bonds. The summed E-state index contributed by atoms with van der Waals surface area (Å²) in [5.74, 6) is 0.0693. The summed E-state index contributed by atoms with van der Waals surface area (Å²) < 4.78 is 1.63. The van der Waals surface area contributed by atoms with Gasteiger partial charge in [-0.2, -0.15) is 4.68 Å². The largest absolute Gasteiger partial charge is 0.290 e. The minimum atomic E-state index is 0.0693. The van der Waals surface area contributed by atoms with E-state index < -0.39 is 0 Å². The first-order valence-corrected chi connectivity index (χ1v) is 4.33. The van der Waals surface area contributed by atoms with Crippen molar-refractivity contribution >= 4 is 5.78 Å². The smallest absolute Gasteiger partial charge is 0.206 e. The Morgan fingerprint density at radius 2 is 2.14 bits per heavy atom. The molecule has 0 fully saturated rings. The van der Waals surface area contributed by atoms with Crippen LogP contribution in [0.1, 0.15) is 10.4 Å². The molecule has 70 valence electrons. The molecule has 0 aliphatic heterocycles. The van der Waals surface area contributed by atoms with Gasteiger partial charge in [0.1, 0.15) is 0 Å². The highest BCUT2D eigenvalue weighted by atomic mass is 16.1. The Labute approximate surface area is 81.2 Å². The summed E-state index contributed by atoms with van der Waals surface area (Å²) in [6, 6.07) is 9.20. The number of rotatable bonds is 3. The summed E-state index contributed by atoms with van der Waals surface area (Å²) >= 11 is 0. The molecule has 2 aromatic rings. The molecule has 0 unspecified atom stereocenters. The molecule has 4 heteroatoms. The van der Waals surface area contributed by atoms with Crippen molar-refractivity contribution in [1.29, 1.82) is 0 Å². The Morgan fingerprint density at radius 3 is 2.79 bits per heavy atom. The highest BCUT2D eigenvalue weighted by molar-refractivity contribution is 5.94. The van der Waals surface area contributed by atoms with Crippen molar-refractivity contribution in [3.05, 3.63) is 48.3 Å². The lowest BCUT2D eigenvalue weighted by Crippen LogP contribution is -2.39. The number of aromatic nitrogens is 3.